The molecule has 0 aliphatic rings. The molecule has 0 radical (unpaired) electrons. The molecule has 0 bridgehead atoms. The van der Waals surface area contributed by atoms with Crippen LogP contribution in [0.2, 0.25) is 0 Å². The first kappa shape index (κ1) is 15.4. The Labute approximate surface area is 101 Å². The molecule has 0 aliphatic heterocycles. The van der Waals surface area contributed by atoms with Crippen LogP contribution >= 0.6 is 0 Å². The normalized spacial score (nSPS) is 12.3. The number of carbonyl (C=O) groups is 1. The lowest BCUT2D eigenvalue weighted by Crippen LogP contribution is -2.44. The molecule has 0 aromatic heterocycles. The Hall–Kier alpha value is -0.570. The highest BCUT2D eigenvalue weighted by Gasteiger charge is 2.27. The lowest BCUT2D eigenvalue weighted by Gasteiger charge is -2.31. The van der Waals surface area contributed by atoms with Gasteiger partial charge in [-0.2, -0.15) is 0 Å². The molecule has 3 heteroatoms. The summed E-state index contributed by atoms with van der Waals surface area (Å²) in [6, 6.07) is 0. The van der Waals surface area contributed by atoms with Crippen LogP contribution in [0, 0.1) is 11.3 Å². The van der Waals surface area contributed by atoms with Gasteiger partial charge in [-0.25, -0.2) is 0 Å². The Balaban J connectivity index is 4.48. The van der Waals surface area contributed by atoms with Crippen molar-refractivity contribution in [2.24, 2.45) is 11.3 Å². The van der Waals surface area contributed by atoms with Crippen LogP contribution in [-0.4, -0.2) is 49.4 Å². The highest BCUT2D eigenvalue weighted by atomic mass is 16.2. The van der Waals surface area contributed by atoms with Crippen molar-refractivity contribution >= 4 is 5.91 Å². The van der Waals surface area contributed by atoms with Gasteiger partial charge in [0.1, 0.15) is 0 Å². The minimum absolute atomic E-state index is 0.253. The summed E-state index contributed by atoms with van der Waals surface area (Å²) in [7, 11) is 4.07. The van der Waals surface area contributed by atoms with Crippen LogP contribution in [0.3, 0.4) is 0 Å². The smallest absolute Gasteiger partial charge is 0.227 e. The van der Waals surface area contributed by atoms with Gasteiger partial charge in [-0.05, 0) is 20.0 Å². The maximum Gasteiger partial charge on any atom is 0.227 e. The zero-order valence-corrected chi connectivity index (χ0v) is 12.0. The van der Waals surface area contributed by atoms with E-state index in [1.165, 1.54) is 0 Å². The SMILES string of the molecule is CC(C)CN(CCN(C)C)C(=O)C(C)(C)C. The average Bonchev–Trinajstić information content (AvgIpc) is 2.08. The van der Waals surface area contributed by atoms with Crippen molar-refractivity contribution in [3.63, 3.8) is 0 Å². The lowest BCUT2D eigenvalue weighted by molar-refractivity contribution is -0.140. The summed E-state index contributed by atoms with van der Waals surface area (Å²) in [5.41, 5.74) is -0.277. The number of nitrogens with zero attached hydrogens (tertiary/aromatic N) is 2. The molecule has 96 valence electrons. The van der Waals surface area contributed by atoms with E-state index in [1.54, 1.807) is 0 Å². The van der Waals surface area contributed by atoms with Gasteiger partial charge in [-0.15, -0.1) is 0 Å². The summed E-state index contributed by atoms with van der Waals surface area (Å²) in [5.74, 6) is 0.775. The predicted molar refractivity (Wildman–Crippen MR) is 69.4 cm³/mol. The van der Waals surface area contributed by atoms with Gasteiger partial charge < -0.3 is 9.80 Å². The van der Waals surface area contributed by atoms with E-state index in [9.17, 15) is 4.79 Å². The van der Waals surface area contributed by atoms with Crippen LogP contribution in [-0.2, 0) is 4.79 Å². The Bertz CT molecular complexity index is 216. The maximum absolute atomic E-state index is 12.2. The van der Waals surface area contributed by atoms with Crippen molar-refractivity contribution in [3.05, 3.63) is 0 Å². The van der Waals surface area contributed by atoms with Crippen molar-refractivity contribution < 1.29 is 4.79 Å². The molecule has 0 saturated carbocycles. The number of hydrogen-bond acceptors (Lipinski definition) is 2. The second kappa shape index (κ2) is 6.24. The van der Waals surface area contributed by atoms with E-state index < -0.39 is 0 Å². The van der Waals surface area contributed by atoms with Gasteiger partial charge in [0.15, 0.2) is 0 Å². The second-order valence-corrected chi connectivity index (χ2v) is 6.20. The molecular weight excluding hydrogens is 200 g/mol. The Kier molecular flexibility index (Phi) is 6.01. The molecule has 0 aromatic rings. The third-order valence-corrected chi connectivity index (χ3v) is 2.33. The van der Waals surface area contributed by atoms with Crippen LogP contribution < -0.4 is 0 Å². The van der Waals surface area contributed by atoms with Crippen molar-refractivity contribution in [3.8, 4) is 0 Å². The minimum atomic E-state index is -0.277. The number of carbonyl (C=O) groups excluding carboxylic acids is 1. The molecule has 3 nitrogen and oxygen atoms in total. The first-order chi connectivity index (χ1) is 7.14. The average molecular weight is 228 g/mol. The Morgan fingerprint density at radius 1 is 1.12 bits per heavy atom. The van der Waals surface area contributed by atoms with Crippen LogP contribution in [0.1, 0.15) is 34.6 Å². The largest absolute Gasteiger partial charge is 0.341 e. The van der Waals surface area contributed by atoms with E-state index in [0.717, 1.165) is 19.6 Å². The number of likely N-dealkylation sites (N-methyl/N-ethyl adjacent to an activating group) is 1. The van der Waals surface area contributed by atoms with Crippen LogP contribution in [0.5, 0.6) is 0 Å². The van der Waals surface area contributed by atoms with Gasteiger partial charge in [-0.3, -0.25) is 4.79 Å². The van der Waals surface area contributed by atoms with Crippen molar-refractivity contribution in [2.75, 3.05) is 33.7 Å². The van der Waals surface area contributed by atoms with E-state index in [1.807, 2.05) is 39.8 Å². The van der Waals surface area contributed by atoms with E-state index >= 15 is 0 Å². The van der Waals surface area contributed by atoms with Gasteiger partial charge in [-0.1, -0.05) is 34.6 Å². The van der Waals surface area contributed by atoms with Crippen LogP contribution in [0.15, 0.2) is 0 Å². The van der Waals surface area contributed by atoms with Crippen LogP contribution in [0.25, 0.3) is 0 Å². The number of rotatable bonds is 5. The Morgan fingerprint density at radius 2 is 1.62 bits per heavy atom. The fourth-order valence-electron chi connectivity index (χ4n) is 1.51. The molecule has 0 heterocycles. The molecule has 0 unspecified atom stereocenters. The predicted octanol–water partition coefficient (Wildman–Crippen LogP) is 2.08. The Morgan fingerprint density at radius 3 is 1.94 bits per heavy atom. The summed E-state index contributed by atoms with van der Waals surface area (Å²) >= 11 is 0. The van der Waals surface area contributed by atoms with E-state index in [2.05, 4.69) is 18.7 Å². The highest BCUT2D eigenvalue weighted by molar-refractivity contribution is 5.81. The lowest BCUT2D eigenvalue weighted by atomic mass is 9.94. The van der Waals surface area contributed by atoms with Crippen molar-refractivity contribution in [1.82, 2.24) is 9.80 Å². The summed E-state index contributed by atoms with van der Waals surface area (Å²) in [6.07, 6.45) is 0. The summed E-state index contributed by atoms with van der Waals surface area (Å²) in [4.78, 5) is 16.3. The third kappa shape index (κ3) is 6.11. The number of amides is 1. The molecule has 0 rings (SSSR count). The summed E-state index contributed by atoms with van der Waals surface area (Å²) in [6.45, 7) is 12.9. The zero-order valence-electron chi connectivity index (χ0n) is 12.0. The second-order valence-electron chi connectivity index (χ2n) is 6.20. The number of hydrogen-bond donors (Lipinski definition) is 0. The third-order valence-electron chi connectivity index (χ3n) is 2.33. The molecular formula is C13H28N2O. The molecule has 0 saturated heterocycles. The van der Waals surface area contributed by atoms with Gasteiger partial charge >= 0.3 is 0 Å². The van der Waals surface area contributed by atoms with Gasteiger partial charge in [0.05, 0.1) is 0 Å². The molecule has 16 heavy (non-hydrogen) atoms. The van der Waals surface area contributed by atoms with E-state index in [-0.39, 0.29) is 11.3 Å². The first-order valence-corrected chi connectivity index (χ1v) is 6.08. The maximum atomic E-state index is 12.2. The molecule has 0 aromatic carbocycles. The van der Waals surface area contributed by atoms with Crippen molar-refractivity contribution in [1.29, 1.82) is 0 Å². The van der Waals surface area contributed by atoms with E-state index in [4.69, 9.17) is 0 Å². The van der Waals surface area contributed by atoms with Gasteiger partial charge in [0.25, 0.3) is 0 Å². The molecule has 0 atom stereocenters. The van der Waals surface area contributed by atoms with E-state index in [0.29, 0.717) is 5.92 Å². The summed E-state index contributed by atoms with van der Waals surface area (Å²) in [5, 5.41) is 0. The molecule has 1 amide bonds. The van der Waals surface area contributed by atoms with Crippen LogP contribution in [0.4, 0.5) is 0 Å². The standard InChI is InChI=1S/C13H28N2O/c1-11(2)10-15(9-8-14(6)7)12(16)13(3,4)5/h11H,8-10H2,1-7H3. The molecule has 0 N–H and O–H groups in total. The highest BCUT2D eigenvalue weighted by Crippen LogP contribution is 2.18. The van der Waals surface area contributed by atoms with Gasteiger partial charge in [0.2, 0.25) is 5.91 Å². The first-order valence-electron chi connectivity index (χ1n) is 6.08. The fourth-order valence-corrected chi connectivity index (χ4v) is 1.51. The topological polar surface area (TPSA) is 23.6 Å². The minimum Gasteiger partial charge on any atom is -0.341 e. The van der Waals surface area contributed by atoms with Gasteiger partial charge in [0, 0.05) is 25.0 Å². The molecule has 0 fully saturated rings. The fraction of sp³-hybridized carbons (Fsp3) is 0.923. The van der Waals surface area contributed by atoms with Crippen molar-refractivity contribution in [2.45, 2.75) is 34.6 Å². The monoisotopic (exact) mass is 228 g/mol. The zero-order chi connectivity index (χ0) is 12.9. The summed E-state index contributed by atoms with van der Waals surface area (Å²) < 4.78 is 0. The molecule has 0 aliphatic carbocycles. The molecule has 0 spiro atoms. The quantitative estimate of drug-likeness (QED) is 0.719.